The number of aliphatic hydroxyl groups excluding tert-OH is 1. The van der Waals surface area contributed by atoms with Crippen molar-refractivity contribution in [3.8, 4) is 0 Å². The van der Waals surface area contributed by atoms with Crippen LogP contribution in [0.25, 0.3) is 0 Å². The zero-order valence-corrected chi connectivity index (χ0v) is 25.6. The molecule has 228 valence electrons. The van der Waals surface area contributed by atoms with Gasteiger partial charge in [-0.3, -0.25) is 9.59 Å². The highest BCUT2D eigenvalue weighted by atomic mass is 35.5. The van der Waals surface area contributed by atoms with Crippen LogP contribution in [0, 0.1) is 34.5 Å². The summed E-state index contributed by atoms with van der Waals surface area (Å²) in [5.74, 6) is -1.59. The number of allylic oxidation sites excluding steroid dienone is 4. The second-order valence-corrected chi connectivity index (χ2v) is 13.6. The number of fused-ring (bicyclic) bond motifs is 5. The van der Waals surface area contributed by atoms with Crippen molar-refractivity contribution in [1.82, 2.24) is 0 Å². The van der Waals surface area contributed by atoms with Crippen molar-refractivity contribution in [3.05, 3.63) is 23.8 Å². The van der Waals surface area contributed by atoms with Gasteiger partial charge in [-0.05, 0) is 62.0 Å². The molecule has 10 heteroatoms. The number of rotatable bonds is 8. The molecule has 0 radical (unpaired) electrons. The summed E-state index contributed by atoms with van der Waals surface area (Å²) in [7, 11) is 0. The van der Waals surface area contributed by atoms with Crippen molar-refractivity contribution >= 4 is 35.5 Å². The van der Waals surface area contributed by atoms with E-state index in [4.69, 9.17) is 30.5 Å². The van der Waals surface area contributed by atoms with Crippen molar-refractivity contribution < 1.29 is 43.2 Å². The van der Waals surface area contributed by atoms with Crippen LogP contribution < -0.4 is 0 Å². The fraction of sp³-hybridized carbons (Fsp3) is 0.742. The molecule has 41 heavy (non-hydrogen) atoms. The van der Waals surface area contributed by atoms with Crippen LogP contribution in [0.2, 0.25) is 0 Å². The van der Waals surface area contributed by atoms with Gasteiger partial charge in [0.05, 0.1) is 24.2 Å². The van der Waals surface area contributed by atoms with E-state index in [9.17, 15) is 24.3 Å². The van der Waals surface area contributed by atoms with Gasteiger partial charge in [0.25, 0.3) is 0 Å². The van der Waals surface area contributed by atoms with Gasteiger partial charge < -0.3 is 24.1 Å². The van der Waals surface area contributed by atoms with Gasteiger partial charge in [-0.2, -0.15) is 0 Å². The third-order valence-corrected chi connectivity index (χ3v) is 11.0. The number of hydrogen-bond donors (Lipinski definition) is 1. The monoisotopic (exact) mass is 594 g/mol. The topological polar surface area (TPSA) is 125 Å². The van der Waals surface area contributed by atoms with Crippen LogP contribution in [0.15, 0.2) is 23.8 Å². The van der Waals surface area contributed by atoms with Crippen LogP contribution in [0.3, 0.4) is 0 Å². The Kier molecular flexibility index (Phi) is 8.74. The van der Waals surface area contributed by atoms with Crippen molar-refractivity contribution in [1.29, 1.82) is 0 Å². The second kappa shape index (κ2) is 11.4. The summed E-state index contributed by atoms with van der Waals surface area (Å²) in [4.78, 5) is 50.4. The molecule has 3 fully saturated rings. The summed E-state index contributed by atoms with van der Waals surface area (Å²) in [6.07, 6.45) is 4.18. The fourth-order valence-corrected chi connectivity index (χ4v) is 8.78. The zero-order chi connectivity index (χ0) is 30.4. The van der Waals surface area contributed by atoms with Gasteiger partial charge in [0.15, 0.2) is 18.0 Å². The predicted octanol–water partition coefficient (Wildman–Crippen LogP) is 5.55. The molecule has 4 aliphatic carbocycles. The molecule has 0 amide bonds. The molecule has 9 nitrogen and oxygen atoms in total. The zero-order valence-electron chi connectivity index (χ0n) is 24.9. The SMILES string of the molecule is CCCOC(=O)O[C@]1(C(=O)COC(=O)OCC(C)C)[C@H](C)C[C@H]2[C@@H]3CCC4=CC(=O)C=C[C@]4(C)[C@@]3(Cl)C(O)C[C@@]21C. The van der Waals surface area contributed by atoms with Gasteiger partial charge in [-0.25, -0.2) is 9.59 Å². The fourth-order valence-electron chi connectivity index (χ4n) is 8.25. The van der Waals surface area contributed by atoms with Crippen LogP contribution >= 0.6 is 11.6 Å². The number of carbonyl (C=O) groups is 4. The first-order valence-electron chi connectivity index (χ1n) is 14.7. The number of Topliss-reactive ketones (excluding diaryl/α,β-unsaturated/α-hetero) is 1. The van der Waals surface area contributed by atoms with Crippen LogP contribution in [0.4, 0.5) is 9.59 Å². The standard InChI is InChI=1S/C31H43ClO9/c1-7-12-38-27(37)41-31(25(35)17-40-26(36)39-16-18(2)3)19(4)13-23-22-9-8-20-14-21(33)10-11-28(20,5)30(22,32)24(34)15-29(23,31)6/h10-11,14,18-19,22-24,34H,7-9,12-13,15-17H2,1-6H3/t19-,22+,23+,24?,28+,29+,30+,31+/m1/s1. The van der Waals surface area contributed by atoms with Gasteiger partial charge in [0, 0.05) is 16.7 Å². The predicted molar refractivity (Wildman–Crippen MR) is 150 cm³/mol. The minimum Gasteiger partial charge on any atom is -0.434 e. The molecule has 0 aromatic rings. The molecule has 1 N–H and O–H groups in total. The van der Waals surface area contributed by atoms with Crippen LogP contribution in [0.5, 0.6) is 0 Å². The largest absolute Gasteiger partial charge is 0.509 e. The first-order chi connectivity index (χ1) is 19.2. The number of ketones is 2. The summed E-state index contributed by atoms with van der Waals surface area (Å²) in [5, 5.41) is 11.9. The maximum atomic E-state index is 14.1. The van der Waals surface area contributed by atoms with Gasteiger partial charge in [-0.15, -0.1) is 11.6 Å². The van der Waals surface area contributed by atoms with Gasteiger partial charge in [-0.1, -0.05) is 53.2 Å². The van der Waals surface area contributed by atoms with E-state index in [-0.39, 0.29) is 43.2 Å². The van der Waals surface area contributed by atoms with E-state index in [1.54, 1.807) is 6.08 Å². The summed E-state index contributed by atoms with van der Waals surface area (Å²) >= 11 is 7.52. The number of ether oxygens (including phenoxy) is 4. The maximum Gasteiger partial charge on any atom is 0.509 e. The number of aliphatic hydroxyl groups is 1. The van der Waals surface area contributed by atoms with E-state index in [2.05, 4.69) is 0 Å². The lowest BCUT2D eigenvalue weighted by Gasteiger charge is -2.64. The van der Waals surface area contributed by atoms with E-state index >= 15 is 0 Å². The van der Waals surface area contributed by atoms with Crippen molar-refractivity contribution in [2.24, 2.45) is 34.5 Å². The Morgan fingerprint density at radius 2 is 1.83 bits per heavy atom. The molecule has 0 aromatic carbocycles. The Morgan fingerprint density at radius 3 is 2.49 bits per heavy atom. The minimum atomic E-state index is -1.74. The Bertz CT molecular complexity index is 1150. The third-order valence-electron chi connectivity index (χ3n) is 10.1. The highest BCUT2D eigenvalue weighted by Gasteiger charge is 2.76. The average molecular weight is 595 g/mol. The molecular formula is C31H43ClO9. The summed E-state index contributed by atoms with van der Waals surface area (Å²) in [6, 6.07) is 0. The molecule has 0 heterocycles. The Morgan fingerprint density at radius 1 is 1.12 bits per heavy atom. The highest BCUT2D eigenvalue weighted by Crippen LogP contribution is 2.72. The quantitative estimate of drug-likeness (QED) is 0.284. The third kappa shape index (κ3) is 4.90. The lowest BCUT2D eigenvalue weighted by atomic mass is 9.45. The molecule has 0 bridgehead atoms. The Balaban J connectivity index is 1.72. The van der Waals surface area contributed by atoms with Crippen LogP contribution in [-0.4, -0.2) is 65.4 Å². The van der Waals surface area contributed by atoms with Crippen LogP contribution in [-0.2, 0) is 28.5 Å². The smallest absolute Gasteiger partial charge is 0.434 e. The highest BCUT2D eigenvalue weighted by molar-refractivity contribution is 6.26. The summed E-state index contributed by atoms with van der Waals surface area (Å²) < 4.78 is 21.5. The first-order valence-corrected chi connectivity index (χ1v) is 15.0. The van der Waals surface area contributed by atoms with Gasteiger partial charge >= 0.3 is 12.3 Å². The second-order valence-electron chi connectivity index (χ2n) is 13.0. The molecule has 4 rings (SSSR count). The molecule has 4 aliphatic rings. The Hall–Kier alpha value is -2.39. The molecule has 3 saturated carbocycles. The van der Waals surface area contributed by atoms with Gasteiger partial charge in [0.1, 0.15) is 0 Å². The number of alkyl halides is 1. The summed E-state index contributed by atoms with van der Waals surface area (Å²) in [6.45, 7) is 10.8. The molecule has 0 aromatic heterocycles. The first kappa shape index (κ1) is 31.5. The molecule has 0 aliphatic heterocycles. The van der Waals surface area contributed by atoms with Crippen molar-refractivity contribution in [3.63, 3.8) is 0 Å². The van der Waals surface area contributed by atoms with Gasteiger partial charge in [0.2, 0.25) is 5.78 Å². The number of carbonyl (C=O) groups excluding carboxylic acids is 4. The molecule has 8 atom stereocenters. The lowest BCUT2D eigenvalue weighted by molar-refractivity contribution is -0.185. The Labute approximate surface area is 246 Å². The van der Waals surface area contributed by atoms with E-state index in [1.165, 1.54) is 6.08 Å². The molecule has 0 spiro atoms. The van der Waals surface area contributed by atoms with E-state index in [1.807, 2.05) is 47.6 Å². The van der Waals surface area contributed by atoms with Crippen molar-refractivity contribution in [2.75, 3.05) is 19.8 Å². The van der Waals surface area contributed by atoms with Crippen molar-refractivity contribution in [2.45, 2.75) is 90.2 Å². The average Bonchev–Trinajstić information content (AvgIpc) is 3.12. The van der Waals surface area contributed by atoms with E-state index < -0.39 is 58.0 Å². The van der Waals surface area contributed by atoms with Crippen LogP contribution in [0.1, 0.15) is 73.6 Å². The molecule has 0 saturated heterocycles. The molecular weight excluding hydrogens is 552 g/mol. The van der Waals surface area contributed by atoms with E-state index in [0.29, 0.717) is 25.7 Å². The van der Waals surface area contributed by atoms with E-state index in [0.717, 1.165) is 5.57 Å². The summed E-state index contributed by atoms with van der Waals surface area (Å²) in [5.41, 5.74) is -2.67. The number of hydrogen-bond acceptors (Lipinski definition) is 9. The minimum absolute atomic E-state index is 0.0528. The molecule has 1 unspecified atom stereocenters. The normalized spacial score (nSPS) is 39.2. The number of halogens is 1. The lowest BCUT2D eigenvalue weighted by Crippen LogP contribution is -2.69. The maximum absolute atomic E-state index is 14.1.